The summed E-state index contributed by atoms with van der Waals surface area (Å²) < 4.78 is 53.0. The summed E-state index contributed by atoms with van der Waals surface area (Å²) in [5, 5.41) is 0. The van der Waals surface area contributed by atoms with Crippen LogP contribution in [0.5, 0.6) is 0 Å². The van der Waals surface area contributed by atoms with Crippen LogP contribution in [0.3, 0.4) is 0 Å². The van der Waals surface area contributed by atoms with Crippen LogP contribution in [0.15, 0.2) is 35.2 Å². The van der Waals surface area contributed by atoms with Gasteiger partial charge in [-0.2, -0.15) is 0 Å². The first-order chi connectivity index (χ1) is 12.4. The molecule has 0 saturated heterocycles. The topological polar surface area (TPSA) is 93.1 Å². The van der Waals surface area contributed by atoms with E-state index in [0.717, 1.165) is 19.3 Å². The summed E-state index contributed by atoms with van der Waals surface area (Å²) in [5.41, 5.74) is 0. The van der Waals surface area contributed by atoms with Gasteiger partial charge in [0.2, 0.25) is 0 Å². The van der Waals surface area contributed by atoms with Gasteiger partial charge in [0.15, 0.2) is 0 Å². The summed E-state index contributed by atoms with van der Waals surface area (Å²) in [6, 6.07) is 7.38. The van der Waals surface area contributed by atoms with Gasteiger partial charge in [0.05, 0.1) is 0 Å². The predicted molar refractivity (Wildman–Crippen MR) is 96.9 cm³/mol. The molecule has 26 heavy (non-hydrogen) atoms. The predicted octanol–water partition coefficient (Wildman–Crippen LogP) is 4.13. The second kappa shape index (κ2) is 13.0. The maximum atomic E-state index is 12.0. The average Bonchev–Trinajstić information content (AvgIpc) is 2.59. The van der Waals surface area contributed by atoms with Crippen molar-refractivity contribution in [2.24, 2.45) is 0 Å². The van der Waals surface area contributed by atoms with E-state index in [1.807, 2.05) is 0 Å². The molecule has 1 aromatic carbocycles. The SMILES string of the molecule is CCCCCCCCCCCC[O][Ti]([OH])([OH])[O]S(=O)(=O)c1ccccc1. The van der Waals surface area contributed by atoms with E-state index >= 15 is 0 Å². The number of hydrogen-bond donors (Lipinski definition) is 2. The van der Waals surface area contributed by atoms with Gasteiger partial charge >= 0.3 is 156 Å². The summed E-state index contributed by atoms with van der Waals surface area (Å²) in [4.78, 5) is -0.124. The van der Waals surface area contributed by atoms with Crippen LogP contribution in [-0.2, 0) is 34.3 Å². The molecule has 1 aromatic rings. The van der Waals surface area contributed by atoms with Gasteiger partial charge in [-0.3, -0.25) is 0 Å². The van der Waals surface area contributed by atoms with Crippen molar-refractivity contribution >= 4 is 10.1 Å². The first-order valence-corrected chi connectivity index (χ1v) is 13.5. The van der Waals surface area contributed by atoms with Crippen LogP contribution in [0, 0.1) is 0 Å². The van der Waals surface area contributed by atoms with Crippen LogP contribution in [-0.4, -0.2) is 22.4 Å². The molecule has 0 saturated carbocycles. The van der Waals surface area contributed by atoms with E-state index in [9.17, 15) is 15.8 Å². The molecular formula is C18H32O6STi. The summed E-state index contributed by atoms with van der Waals surface area (Å²) in [5.74, 6) is 0. The molecule has 6 nitrogen and oxygen atoms in total. The zero-order chi connectivity index (χ0) is 19.3. The molecule has 2 N–H and O–H groups in total. The third-order valence-corrected chi connectivity index (χ3v) is 8.28. The van der Waals surface area contributed by atoms with Crippen molar-refractivity contribution in [2.75, 3.05) is 6.61 Å². The molecule has 0 aliphatic rings. The summed E-state index contributed by atoms with van der Waals surface area (Å²) in [6.07, 6.45) is 11.5. The van der Waals surface area contributed by atoms with E-state index in [1.54, 1.807) is 6.07 Å². The van der Waals surface area contributed by atoms with Crippen LogP contribution in [0.25, 0.3) is 0 Å². The molecule has 0 spiro atoms. The van der Waals surface area contributed by atoms with Crippen LogP contribution in [0.2, 0.25) is 0 Å². The number of benzene rings is 1. The van der Waals surface area contributed by atoms with Gasteiger partial charge in [-0.15, -0.1) is 0 Å². The molecule has 0 radical (unpaired) electrons. The molecule has 0 heterocycles. The van der Waals surface area contributed by atoms with E-state index in [0.29, 0.717) is 6.42 Å². The number of unbranched alkanes of at least 4 members (excludes halogenated alkanes) is 9. The molecule has 8 heteroatoms. The van der Waals surface area contributed by atoms with E-state index < -0.39 is 28.3 Å². The Bertz CT molecular complexity index is 577. The fraction of sp³-hybridized carbons (Fsp3) is 0.667. The van der Waals surface area contributed by atoms with Gasteiger partial charge in [-0.1, -0.05) is 6.92 Å². The molecule has 0 aromatic heterocycles. The minimum atomic E-state index is -5.24. The summed E-state index contributed by atoms with van der Waals surface area (Å²) >= 11 is -5.24. The van der Waals surface area contributed by atoms with E-state index in [1.165, 1.54) is 62.8 Å². The van der Waals surface area contributed by atoms with Crippen molar-refractivity contribution < 1.29 is 40.0 Å². The fourth-order valence-corrected chi connectivity index (χ4v) is 6.17. The molecule has 0 atom stereocenters. The van der Waals surface area contributed by atoms with E-state index in [-0.39, 0.29) is 11.5 Å². The van der Waals surface area contributed by atoms with Gasteiger partial charge in [-0.05, 0) is 0 Å². The monoisotopic (exact) mass is 424 g/mol. The zero-order valence-corrected chi connectivity index (χ0v) is 18.0. The Labute approximate surface area is 162 Å². The Morgan fingerprint density at radius 3 is 1.88 bits per heavy atom. The third-order valence-electron chi connectivity index (χ3n) is 4.04. The van der Waals surface area contributed by atoms with E-state index in [2.05, 4.69) is 9.69 Å². The second-order valence-corrected chi connectivity index (χ2v) is 10.9. The molecule has 1 rings (SSSR count). The van der Waals surface area contributed by atoms with Crippen molar-refractivity contribution in [3.8, 4) is 0 Å². The van der Waals surface area contributed by atoms with Crippen molar-refractivity contribution in [1.29, 1.82) is 0 Å². The molecule has 0 amide bonds. The van der Waals surface area contributed by atoms with Crippen LogP contribution in [0.1, 0.15) is 71.1 Å². The van der Waals surface area contributed by atoms with Crippen molar-refractivity contribution in [3.63, 3.8) is 0 Å². The Balaban J connectivity index is 2.14. The molecule has 0 bridgehead atoms. The summed E-state index contributed by atoms with van der Waals surface area (Å²) in [6.45, 7) is 2.30. The first kappa shape index (κ1) is 23.8. The van der Waals surface area contributed by atoms with Gasteiger partial charge < -0.3 is 0 Å². The molecule has 150 valence electrons. The Morgan fingerprint density at radius 2 is 1.35 bits per heavy atom. The zero-order valence-electron chi connectivity index (χ0n) is 15.6. The standard InChI is InChI=1S/C12H25O.C6H6O3S.2H2O.Ti/c1-2-3-4-5-6-7-8-9-10-11-12-13;7-10(8,9)6-4-2-1-3-5-6;;;/h2-12H2,1H3;1-5H,(H,7,8,9);2*1H2;/q-1;;;;+4/p-3. The molecule has 0 fully saturated rings. The second-order valence-electron chi connectivity index (χ2n) is 6.43. The molecule has 0 aliphatic heterocycles. The fourth-order valence-electron chi connectivity index (χ4n) is 2.60. The Morgan fingerprint density at radius 1 is 0.846 bits per heavy atom. The normalized spacial score (nSPS) is 12.4. The van der Waals surface area contributed by atoms with E-state index in [4.69, 9.17) is 3.32 Å². The maximum absolute atomic E-state index is 12.0. The van der Waals surface area contributed by atoms with Gasteiger partial charge in [0, 0.05) is 0 Å². The first-order valence-electron chi connectivity index (χ1n) is 9.47. The van der Waals surface area contributed by atoms with Crippen molar-refractivity contribution in [2.45, 2.75) is 76.0 Å². The van der Waals surface area contributed by atoms with Crippen LogP contribution in [0.4, 0.5) is 0 Å². The van der Waals surface area contributed by atoms with Crippen molar-refractivity contribution in [3.05, 3.63) is 30.3 Å². The van der Waals surface area contributed by atoms with Crippen LogP contribution >= 0.6 is 0 Å². The Hall–Kier alpha value is -0.276. The molecule has 0 unspecified atom stereocenters. The third kappa shape index (κ3) is 10.8. The number of rotatable bonds is 15. The average molecular weight is 424 g/mol. The number of hydrogen-bond acceptors (Lipinski definition) is 6. The molecule has 0 aliphatic carbocycles. The summed E-state index contributed by atoms with van der Waals surface area (Å²) in [7, 11) is -4.22. The van der Waals surface area contributed by atoms with Crippen LogP contribution < -0.4 is 0 Å². The van der Waals surface area contributed by atoms with Crippen molar-refractivity contribution in [1.82, 2.24) is 0 Å². The molecular weight excluding hydrogens is 392 g/mol. The Kier molecular flexibility index (Phi) is 11.9. The quantitative estimate of drug-likeness (QED) is 0.325. The van der Waals surface area contributed by atoms with Gasteiger partial charge in [0.25, 0.3) is 0 Å². The van der Waals surface area contributed by atoms with Gasteiger partial charge in [-0.25, -0.2) is 0 Å². The minimum absolute atomic E-state index is 0.0911. The van der Waals surface area contributed by atoms with Gasteiger partial charge in [0.1, 0.15) is 0 Å².